The predicted octanol–water partition coefficient (Wildman–Crippen LogP) is 1.10. The number of carbonyl (C=O) groups is 2. The molecule has 0 aromatic rings. The van der Waals surface area contributed by atoms with Crippen molar-refractivity contribution in [2.75, 3.05) is 26.9 Å². The Balaban J connectivity index is 2.04. The molecule has 28 heavy (non-hydrogen) atoms. The zero-order valence-corrected chi connectivity index (χ0v) is 17.7. The fourth-order valence-electron chi connectivity index (χ4n) is 2.87. The first-order chi connectivity index (χ1) is 12.9. The van der Waals surface area contributed by atoms with Crippen molar-refractivity contribution >= 4 is 22.0 Å². The first-order valence-corrected chi connectivity index (χ1v) is 10.7. The quantitative estimate of drug-likeness (QED) is 0.403. The summed E-state index contributed by atoms with van der Waals surface area (Å²) in [6.45, 7) is 9.34. The molecule has 10 heteroatoms. The van der Waals surface area contributed by atoms with Gasteiger partial charge in [-0.05, 0) is 40.0 Å². The summed E-state index contributed by atoms with van der Waals surface area (Å²) in [6, 6.07) is 0. The summed E-state index contributed by atoms with van der Waals surface area (Å²) >= 11 is 0. The van der Waals surface area contributed by atoms with Crippen molar-refractivity contribution in [3.05, 3.63) is 12.7 Å². The second-order valence-electron chi connectivity index (χ2n) is 8.31. The van der Waals surface area contributed by atoms with Gasteiger partial charge in [0.2, 0.25) is 10.0 Å². The molecule has 9 nitrogen and oxygen atoms in total. The predicted molar refractivity (Wildman–Crippen MR) is 102 cm³/mol. The maximum Gasteiger partial charge on any atom is 0.408 e. The van der Waals surface area contributed by atoms with Gasteiger partial charge < -0.3 is 19.5 Å². The van der Waals surface area contributed by atoms with E-state index >= 15 is 0 Å². The maximum atomic E-state index is 12.8. The molecule has 2 amide bonds. The van der Waals surface area contributed by atoms with Gasteiger partial charge in [-0.1, -0.05) is 6.08 Å². The molecule has 2 aliphatic rings. The molecule has 2 rings (SSSR count). The monoisotopic (exact) mass is 418 g/mol. The summed E-state index contributed by atoms with van der Waals surface area (Å²) in [7, 11) is -2.45. The van der Waals surface area contributed by atoms with E-state index in [2.05, 4.69) is 16.6 Å². The molecule has 0 radical (unpaired) electrons. The second-order valence-corrected chi connectivity index (χ2v) is 10.4. The molecule has 2 N–H and O–H groups in total. The summed E-state index contributed by atoms with van der Waals surface area (Å²) in [4.78, 5) is 24.9. The van der Waals surface area contributed by atoms with E-state index in [1.54, 1.807) is 20.8 Å². The Morgan fingerprint density at radius 2 is 1.89 bits per heavy atom. The number of nitrogens with one attached hydrogen (secondary N) is 2. The van der Waals surface area contributed by atoms with Crippen LogP contribution in [0.15, 0.2) is 12.7 Å². The largest absolute Gasteiger partial charge is 0.444 e. The van der Waals surface area contributed by atoms with E-state index in [0.717, 1.165) is 0 Å². The molecule has 0 unspecified atom stereocenters. The molecule has 0 bridgehead atoms. The van der Waals surface area contributed by atoms with Gasteiger partial charge in [-0.2, -0.15) is 0 Å². The lowest BCUT2D eigenvalue weighted by Crippen LogP contribution is -2.55. The minimum Gasteiger partial charge on any atom is -0.444 e. The SMILES string of the molecule is C=C[C@@H]1C[C@]1(NC(=O)OC(C)(C)C)C(=O)NS(=O)(=O)C1(COCCOC)CC1. The van der Waals surface area contributed by atoms with E-state index in [0.29, 0.717) is 19.4 Å². The Morgan fingerprint density at radius 3 is 2.36 bits per heavy atom. The molecule has 0 aliphatic heterocycles. The van der Waals surface area contributed by atoms with Gasteiger partial charge in [-0.25, -0.2) is 13.2 Å². The first-order valence-electron chi connectivity index (χ1n) is 9.19. The van der Waals surface area contributed by atoms with Crippen LogP contribution in [-0.2, 0) is 29.0 Å². The van der Waals surface area contributed by atoms with Crippen LogP contribution < -0.4 is 10.0 Å². The highest BCUT2D eigenvalue weighted by atomic mass is 32.2. The van der Waals surface area contributed by atoms with E-state index in [4.69, 9.17) is 14.2 Å². The van der Waals surface area contributed by atoms with Crippen molar-refractivity contribution in [3.8, 4) is 0 Å². The summed E-state index contributed by atoms with van der Waals surface area (Å²) < 4.78 is 42.0. The van der Waals surface area contributed by atoms with Crippen LogP contribution >= 0.6 is 0 Å². The highest BCUT2D eigenvalue weighted by Crippen LogP contribution is 2.47. The average Bonchev–Trinajstić information content (AvgIpc) is 3.45. The Bertz CT molecular complexity index is 725. The van der Waals surface area contributed by atoms with Gasteiger partial charge in [0.15, 0.2) is 0 Å². The smallest absolute Gasteiger partial charge is 0.408 e. The molecule has 0 aromatic heterocycles. The molecule has 2 aliphatic carbocycles. The van der Waals surface area contributed by atoms with Gasteiger partial charge in [0, 0.05) is 13.0 Å². The molecule has 2 saturated carbocycles. The molecular formula is C18H30N2O7S. The number of alkyl carbamates (subject to hydrolysis) is 1. The molecule has 0 aromatic carbocycles. The highest BCUT2D eigenvalue weighted by molar-refractivity contribution is 7.91. The summed E-state index contributed by atoms with van der Waals surface area (Å²) in [5, 5.41) is 2.52. The van der Waals surface area contributed by atoms with Crippen molar-refractivity contribution in [2.24, 2.45) is 5.92 Å². The number of ether oxygens (including phenoxy) is 3. The van der Waals surface area contributed by atoms with E-state index in [1.807, 2.05) is 0 Å². The third-order valence-electron chi connectivity index (χ3n) is 4.83. The average molecular weight is 419 g/mol. The maximum absolute atomic E-state index is 12.8. The van der Waals surface area contributed by atoms with Crippen LogP contribution in [0.5, 0.6) is 0 Å². The summed E-state index contributed by atoms with van der Waals surface area (Å²) in [5.74, 6) is -1.16. The second kappa shape index (κ2) is 8.00. The third kappa shape index (κ3) is 5.03. The number of amides is 2. The Hall–Kier alpha value is -1.65. The van der Waals surface area contributed by atoms with Crippen molar-refractivity contribution in [1.29, 1.82) is 0 Å². The topological polar surface area (TPSA) is 120 Å². The van der Waals surface area contributed by atoms with Gasteiger partial charge in [0.05, 0.1) is 19.8 Å². The third-order valence-corrected chi connectivity index (χ3v) is 6.95. The Labute approximate surface area is 166 Å². The van der Waals surface area contributed by atoms with Gasteiger partial charge in [0.25, 0.3) is 5.91 Å². The fourth-order valence-corrected chi connectivity index (χ4v) is 4.39. The number of methoxy groups -OCH3 is 1. The van der Waals surface area contributed by atoms with Crippen LogP contribution in [0.3, 0.4) is 0 Å². The molecule has 0 heterocycles. The first kappa shape index (κ1) is 22.6. The lowest BCUT2D eigenvalue weighted by atomic mass is 10.2. The zero-order chi connectivity index (χ0) is 21.2. The fraction of sp³-hybridized carbons (Fsp3) is 0.778. The van der Waals surface area contributed by atoms with Crippen LogP contribution in [-0.4, -0.2) is 63.2 Å². The lowest BCUT2D eigenvalue weighted by molar-refractivity contribution is -0.122. The zero-order valence-electron chi connectivity index (χ0n) is 16.9. The minimum atomic E-state index is -3.97. The van der Waals surface area contributed by atoms with E-state index in [-0.39, 0.29) is 25.6 Å². The van der Waals surface area contributed by atoms with Crippen LogP contribution in [0.2, 0.25) is 0 Å². The number of hydrogen-bond acceptors (Lipinski definition) is 7. The van der Waals surface area contributed by atoms with E-state index < -0.39 is 37.9 Å². The molecule has 0 saturated heterocycles. The highest BCUT2D eigenvalue weighted by Gasteiger charge is 2.63. The van der Waals surface area contributed by atoms with Gasteiger partial charge in [-0.15, -0.1) is 6.58 Å². The Morgan fingerprint density at radius 1 is 1.25 bits per heavy atom. The molecule has 2 atom stereocenters. The van der Waals surface area contributed by atoms with Crippen molar-refractivity contribution in [2.45, 2.75) is 55.9 Å². The van der Waals surface area contributed by atoms with Crippen LogP contribution in [0.25, 0.3) is 0 Å². The number of carbonyl (C=O) groups excluding carboxylic acids is 2. The van der Waals surface area contributed by atoms with Gasteiger partial charge >= 0.3 is 6.09 Å². The number of sulfonamides is 1. The van der Waals surface area contributed by atoms with Crippen LogP contribution in [0.4, 0.5) is 4.79 Å². The van der Waals surface area contributed by atoms with Gasteiger partial charge in [-0.3, -0.25) is 9.52 Å². The molecule has 160 valence electrons. The summed E-state index contributed by atoms with van der Waals surface area (Å²) in [6.07, 6.45) is 1.80. The molecule has 2 fully saturated rings. The molecule has 0 spiro atoms. The van der Waals surface area contributed by atoms with Gasteiger partial charge in [0.1, 0.15) is 15.9 Å². The molecular weight excluding hydrogens is 388 g/mol. The van der Waals surface area contributed by atoms with Crippen molar-refractivity contribution in [3.63, 3.8) is 0 Å². The normalized spacial score (nSPS) is 25.5. The lowest BCUT2D eigenvalue weighted by Gasteiger charge is -2.24. The van der Waals surface area contributed by atoms with Crippen molar-refractivity contribution in [1.82, 2.24) is 10.0 Å². The van der Waals surface area contributed by atoms with Crippen molar-refractivity contribution < 1.29 is 32.2 Å². The Kier molecular flexibility index (Phi) is 6.47. The number of rotatable bonds is 10. The summed E-state index contributed by atoms with van der Waals surface area (Å²) in [5.41, 5.74) is -2.12. The van der Waals surface area contributed by atoms with E-state index in [9.17, 15) is 18.0 Å². The number of hydrogen-bond donors (Lipinski definition) is 2. The van der Waals surface area contributed by atoms with Crippen LogP contribution in [0, 0.1) is 5.92 Å². The minimum absolute atomic E-state index is 0.0175. The van der Waals surface area contributed by atoms with E-state index in [1.165, 1.54) is 13.2 Å². The standard InChI is InChI=1S/C18H30N2O7S/c1-6-13-11-18(13,19-15(22)27-16(2,3)4)14(21)20-28(23,24)17(7-8-17)12-26-10-9-25-5/h6,13H,1,7-12H2,2-5H3,(H,19,22)(H,20,21)/t13-,18-/m1/s1. The van der Waals surface area contributed by atoms with Crippen LogP contribution in [0.1, 0.15) is 40.0 Å².